The first-order chi connectivity index (χ1) is 9.61. The predicted molar refractivity (Wildman–Crippen MR) is 110 cm³/mol. The third-order valence-corrected chi connectivity index (χ3v) is 3.45. The molecule has 0 fully saturated rings. The van der Waals surface area contributed by atoms with Crippen molar-refractivity contribution in [2.45, 2.75) is 60.4 Å². The minimum Gasteiger partial charge on any atom is -0.673 e. The zero-order valence-corrected chi connectivity index (χ0v) is 19.1. The van der Waals surface area contributed by atoms with Gasteiger partial charge in [0.25, 0.3) is 0 Å². The minimum absolute atomic E-state index is 0. The van der Waals surface area contributed by atoms with Crippen LogP contribution in [-0.2, 0) is 21.7 Å². The van der Waals surface area contributed by atoms with E-state index in [1.165, 1.54) is 33.8 Å². The van der Waals surface area contributed by atoms with Crippen LogP contribution in [0.2, 0.25) is 0 Å². The summed E-state index contributed by atoms with van der Waals surface area (Å²) in [7, 11) is 0. The summed E-state index contributed by atoms with van der Waals surface area (Å²) in [4.78, 5) is 0. The maximum atomic E-state index is 6.94. The monoisotopic (exact) mass is 403 g/mol. The summed E-state index contributed by atoms with van der Waals surface area (Å²) in [6.45, 7) is 14.4. The van der Waals surface area contributed by atoms with Crippen LogP contribution in [0.1, 0.15) is 66.0 Å². The van der Waals surface area contributed by atoms with Gasteiger partial charge >= 0.3 is 21.7 Å². The summed E-state index contributed by atoms with van der Waals surface area (Å²) in [6.07, 6.45) is 3.41. The van der Waals surface area contributed by atoms with Crippen LogP contribution >= 0.6 is 24.8 Å². The van der Waals surface area contributed by atoms with E-state index >= 15 is 0 Å². The largest absolute Gasteiger partial charge is 2.00 e. The molecule has 24 heavy (non-hydrogen) atoms. The van der Waals surface area contributed by atoms with Crippen LogP contribution in [-0.4, -0.2) is 5.54 Å². The second kappa shape index (κ2) is 12.2. The zero-order chi connectivity index (χ0) is 16.2. The third-order valence-electron chi connectivity index (χ3n) is 3.45. The molecular weight excluding hydrogens is 373 g/mol. The number of nitrogens with one attached hydrogen (secondary N) is 1. The molecule has 0 bridgehead atoms. The first-order valence-corrected chi connectivity index (χ1v) is 7.63. The molecular formula is C20H31Cl2NTi. The Hall–Kier alpha value is -0.176. The molecule has 0 aliphatic heterocycles. The molecule has 1 aliphatic rings. The Kier molecular flexibility index (Phi) is 14.6. The first-order valence-electron chi connectivity index (χ1n) is 7.63. The van der Waals surface area contributed by atoms with Crippen molar-refractivity contribution >= 4 is 30.4 Å². The van der Waals surface area contributed by atoms with E-state index in [0.29, 0.717) is 0 Å². The molecule has 0 atom stereocenters. The van der Waals surface area contributed by atoms with Crippen molar-refractivity contribution in [3.05, 3.63) is 64.3 Å². The second-order valence-electron chi connectivity index (χ2n) is 6.99. The van der Waals surface area contributed by atoms with E-state index in [2.05, 4.69) is 58.0 Å². The average molecular weight is 404 g/mol. The number of rotatable bonds is 2. The normalized spacial score (nSPS) is 12.8. The summed E-state index contributed by atoms with van der Waals surface area (Å²) < 4.78 is 0. The van der Waals surface area contributed by atoms with Crippen LogP contribution in [0, 0.1) is 5.92 Å². The van der Waals surface area contributed by atoms with Crippen LogP contribution in [0.4, 0.5) is 0 Å². The molecule has 0 amide bonds. The molecule has 1 aliphatic carbocycles. The molecule has 134 valence electrons. The van der Waals surface area contributed by atoms with Crippen molar-refractivity contribution in [3.63, 3.8) is 0 Å². The van der Waals surface area contributed by atoms with Gasteiger partial charge in [-0.15, -0.1) is 48.0 Å². The van der Waals surface area contributed by atoms with Crippen LogP contribution in [0.25, 0.3) is 11.3 Å². The summed E-state index contributed by atoms with van der Waals surface area (Å²) in [5.74, 6) is 1.39. The summed E-state index contributed by atoms with van der Waals surface area (Å²) >= 11 is 0. The zero-order valence-electron chi connectivity index (χ0n) is 15.9. The summed E-state index contributed by atoms with van der Waals surface area (Å²) in [5.41, 5.74) is 13.9. The van der Waals surface area contributed by atoms with Gasteiger partial charge in [-0.05, 0) is 20.3 Å². The molecule has 1 N–H and O–H groups in total. The Morgan fingerprint density at radius 2 is 1.46 bits per heavy atom. The molecule has 4 heteroatoms. The van der Waals surface area contributed by atoms with Crippen molar-refractivity contribution in [3.8, 4) is 0 Å². The van der Waals surface area contributed by atoms with E-state index in [0.717, 1.165) is 6.42 Å². The molecule has 1 nitrogen and oxygen atoms in total. The first kappa shape index (κ1) is 28.6. The van der Waals surface area contributed by atoms with Crippen molar-refractivity contribution in [1.82, 2.24) is 0 Å². The van der Waals surface area contributed by atoms with E-state index in [4.69, 9.17) is 5.73 Å². The maximum Gasteiger partial charge on any atom is 2.00 e. The Morgan fingerprint density at radius 1 is 1.00 bits per heavy atom. The summed E-state index contributed by atoms with van der Waals surface area (Å²) in [6, 6.07) is 8.72. The van der Waals surface area contributed by atoms with E-state index in [1.54, 1.807) is 0 Å². The topological polar surface area (TPSA) is 23.8 Å². The molecule has 0 heterocycles. The van der Waals surface area contributed by atoms with E-state index in [9.17, 15) is 0 Å². The number of allylic oxidation sites excluding steroid dienone is 4. The molecule has 2 rings (SSSR count). The van der Waals surface area contributed by atoms with Crippen LogP contribution in [0.15, 0.2) is 41.5 Å². The molecule has 1 aromatic carbocycles. The fourth-order valence-electron chi connectivity index (χ4n) is 2.29. The maximum absolute atomic E-state index is 6.94. The minimum atomic E-state index is -0.250. The number of hydrogen-bond donors (Lipinski definition) is 0. The van der Waals surface area contributed by atoms with Crippen molar-refractivity contribution in [2.75, 3.05) is 0 Å². The standard InChI is InChI=1S/C16H19.C4H10N.2ClH.Ti/c1-11(2)14-7-5-6-8-16(14)15-10-9-12(3)13(15)4;1-4(2,3)5;;;/h5-9H,10H2,1-4H3;5H,1-3H3;2*1H;/q2*-1;;;+2. The molecule has 0 saturated carbocycles. The van der Waals surface area contributed by atoms with Gasteiger partial charge in [0.15, 0.2) is 0 Å². The average Bonchev–Trinajstić information content (AvgIpc) is 2.68. The van der Waals surface area contributed by atoms with Crippen LogP contribution < -0.4 is 0 Å². The molecule has 0 saturated heterocycles. The third kappa shape index (κ3) is 9.34. The second-order valence-corrected chi connectivity index (χ2v) is 6.99. The number of benzene rings is 1. The van der Waals surface area contributed by atoms with Gasteiger partial charge in [0.2, 0.25) is 0 Å². The summed E-state index contributed by atoms with van der Waals surface area (Å²) in [5, 5.41) is 0. The van der Waals surface area contributed by atoms with Gasteiger partial charge in [-0.3, -0.25) is 0 Å². The van der Waals surface area contributed by atoms with Gasteiger partial charge in [-0.1, -0.05) is 63.5 Å². The fourth-order valence-corrected chi connectivity index (χ4v) is 2.29. The van der Waals surface area contributed by atoms with E-state index in [1.807, 2.05) is 20.8 Å². The Balaban J connectivity index is -0.000000490. The quantitative estimate of drug-likeness (QED) is 0.361. The van der Waals surface area contributed by atoms with Gasteiger partial charge in [-0.2, -0.15) is 17.5 Å². The van der Waals surface area contributed by atoms with Crippen LogP contribution in [0.3, 0.4) is 0 Å². The molecule has 0 unspecified atom stereocenters. The fraction of sp³-hybridized carbons (Fsp3) is 0.450. The van der Waals surface area contributed by atoms with Crippen LogP contribution in [0.5, 0.6) is 0 Å². The van der Waals surface area contributed by atoms with Crippen molar-refractivity contribution in [1.29, 1.82) is 0 Å². The number of halogens is 2. The smallest absolute Gasteiger partial charge is 0.673 e. The Labute approximate surface area is 176 Å². The van der Waals surface area contributed by atoms with Gasteiger partial charge in [0.05, 0.1) is 0 Å². The Bertz CT molecular complexity index is 549. The molecule has 0 radical (unpaired) electrons. The Morgan fingerprint density at radius 3 is 1.83 bits per heavy atom. The SMILES string of the molecule is CC(C)(C)[NH-].CC1=CCC(c2ccccc2[C-](C)C)=C1C.Cl.Cl.[Ti+2]. The van der Waals surface area contributed by atoms with E-state index in [-0.39, 0.29) is 52.1 Å². The van der Waals surface area contributed by atoms with Crippen molar-refractivity contribution in [2.24, 2.45) is 0 Å². The van der Waals surface area contributed by atoms with E-state index < -0.39 is 0 Å². The molecule has 1 aromatic rings. The predicted octanol–water partition coefficient (Wildman–Crippen LogP) is 7.45. The van der Waals surface area contributed by atoms with Gasteiger partial charge in [0.1, 0.15) is 0 Å². The van der Waals surface area contributed by atoms with Gasteiger partial charge in [0, 0.05) is 0 Å². The van der Waals surface area contributed by atoms with Gasteiger partial charge < -0.3 is 5.73 Å². The molecule has 0 spiro atoms. The number of hydrogen-bond acceptors (Lipinski definition) is 0. The van der Waals surface area contributed by atoms with Gasteiger partial charge in [-0.25, -0.2) is 0 Å². The van der Waals surface area contributed by atoms with Crippen molar-refractivity contribution < 1.29 is 21.7 Å². The molecule has 0 aromatic heterocycles.